The Labute approximate surface area is 180 Å². The number of ether oxygens (including phenoxy) is 1. The summed E-state index contributed by atoms with van der Waals surface area (Å²) in [6.07, 6.45) is 2.74. The van der Waals surface area contributed by atoms with Crippen molar-refractivity contribution in [3.63, 3.8) is 0 Å². The lowest BCUT2D eigenvalue weighted by atomic mass is 10.1. The number of fused-ring (bicyclic) bond motifs is 2. The number of aromatic nitrogens is 4. The van der Waals surface area contributed by atoms with Crippen molar-refractivity contribution in [1.82, 2.24) is 19.6 Å². The largest absolute Gasteiger partial charge is 0.462 e. The zero-order valence-corrected chi connectivity index (χ0v) is 18.4. The van der Waals surface area contributed by atoms with Gasteiger partial charge in [0.15, 0.2) is 5.16 Å². The quantitative estimate of drug-likeness (QED) is 0.440. The molecule has 2 N–H and O–H groups in total. The zero-order valence-electron chi connectivity index (χ0n) is 16.8. The Bertz CT molecular complexity index is 1200. The van der Waals surface area contributed by atoms with Gasteiger partial charge in [0.2, 0.25) is 11.7 Å². The second-order valence-electron chi connectivity index (χ2n) is 6.95. The average Bonchev–Trinajstić information content (AvgIpc) is 3.36. The van der Waals surface area contributed by atoms with Crippen molar-refractivity contribution in [1.29, 1.82) is 0 Å². The molecule has 9 nitrogen and oxygen atoms in total. The van der Waals surface area contributed by atoms with Crippen molar-refractivity contribution in [2.24, 2.45) is 0 Å². The summed E-state index contributed by atoms with van der Waals surface area (Å²) in [5.74, 6) is -0.311. The van der Waals surface area contributed by atoms with E-state index in [1.165, 1.54) is 29.2 Å². The predicted octanol–water partition coefficient (Wildman–Crippen LogP) is 2.57. The summed E-state index contributed by atoms with van der Waals surface area (Å²) >= 11 is 2.67. The maximum absolute atomic E-state index is 12.9. The van der Waals surface area contributed by atoms with Crippen LogP contribution < -0.4 is 10.9 Å². The maximum atomic E-state index is 12.9. The molecule has 1 aliphatic carbocycles. The molecule has 1 aliphatic rings. The summed E-state index contributed by atoms with van der Waals surface area (Å²) < 4.78 is 6.91. The Balaban J connectivity index is 1.55. The molecule has 1 atom stereocenters. The van der Waals surface area contributed by atoms with Gasteiger partial charge in [-0.1, -0.05) is 11.8 Å². The van der Waals surface area contributed by atoms with Crippen LogP contribution in [-0.2, 0) is 22.4 Å². The first-order valence-corrected chi connectivity index (χ1v) is 11.3. The number of anilines is 1. The van der Waals surface area contributed by atoms with Crippen molar-refractivity contribution in [3.8, 4) is 0 Å². The third kappa shape index (κ3) is 3.74. The number of esters is 1. The lowest BCUT2D eigenvalue weighted by Crippen LogP contribution is -2.23. The van der Waals surface area contributed by atoms with E-state index in [-0.39, 0.29) is 18.1 Å². The normalized spacial score (nSPS) is 14.0. The first kappa shape index (κ1) is 20.6. The molecule has 0 spiro atoms. The minimum absolute atomic E-state index is 0.246. The number of aryl methyl sites for hydroxylation is 2. The summed E-state index contributed by atoms with van der Waals surface area (Å²) in [6, 6.07) is 1.45. The smallest absolute Gasteiger partial charge is 0.341 e. The number of hydrogen-bond acceptors (Lipinski definition) is 8. The van der Waals surface area contributed by atoms with Crippen molar-refractivity contribution >= 4 is 45.8 Å². The van der Waals surface area contributed by atoms with E-state index in [4.69, 9.17) is 4.74 Å². The summed E-state index contributed by atoms with van der Waals surface area (Å²) in [4.78, 5) is 40.7. The highest BCUT2D eigenvalue weighted by molar-refractivity contribution is 8.00. The van der Waals surface area contributed by atoms with E-state index >= 15 is 0 Å². The Morgan fingerprint density at radius 2 is 2.20 bits per heavy atom. The van der Waals surface area contributed by atoms with Crippen LogP contribution in [0.2, 0.25) is 0 Å². The SMILES string of the molecule is CCOC(=O)c1c(NC(=O)C(C)Sc2nnc3[nH]c(=O)cc(C)n23)sc2c1CCC2. The number of aromatic amines is 1. The molecular weight excluding hydrogens is 426 g/mol. The molecule has 158 valence electrons. The van der Waals surface area contributed by atoms with Crippen molar-refractivity contribution in [2.45, 2.75) is 50.4 Å². The molecule has 3 aromatic heterocycles. The van der Waals surface area contributed by atoms with E-state index < -0.39 is 11.2 Å². The van der Waals surface area contributed by atoms with Crippen molar-refractivity contribution < 1.29 is 14.3 Å². The number of amides is 1. The standard InChI is InChI=1S/C19H21N5O4S2/c1-4-28-17(27)14-11-6-5-7-12(11)30-16(14)21-15(26)10(3)29-19-23-22-18-20-13(25)8-9(2)24(18)19/h8,10H,4-7H2,1-3H3,(H,21,26)(H,20,22,25). The predicted molar refractivity (Wildman–Crippen MR) is 115 cm³/mol. The Morgan fingerprint density at radius 3 is 2.97 bits per heavy atom. The number of H-pyrrole nitrogens is 1. The summed E-state index contributed by atoms with van der Waals surface area (Å²) in [6.45, 7) is 5.58. The van der Waals surface area contributed by atoms with Crippen LogP contribution in [0.15, 0.2) is 16.0 Å². The molecule has 1 amide bonds. The Hall–Kier alpha value is -2.66. The molecule has 0 aliphatic heterocycles. The van der Waals surface area contributed by atoms with Crippen LogP contribution in [0.25, 0.3) is 5.78 Å². The van der Waals surface area contributed by atoms with Crippen LogP contribution in [0.4, 0.5) is 5.00 Å². The van der Waals surface area contributed by atoms with E-state index in [0.29, 0.717) is 27.2 Å². The number of thiophene rings is 1. The van der Waals surface area contributed by atoms with E-state index in [2.05, 4.69) is 20.5 Å². The van der Waals surface area contributed by atoms with Crippen LogP contribution in [0.5, 0.6) is 0 Å². The highest BCUT2D eigenvalue weighted by Crippen LogP contribution is 2.40. The topological polar surface area (TPSA) is 118 Å². The minimum atomic E-state index is -0.504. The van der Waals surface area contributed by atoms with Crippen LogP contribution in [0.3, 0.4) is 0 Å². The maximum Gasteiger partial charge on any atom is 0.341 e. The van der Waals surface area contributed by atoms with Crippen LogP contribution >= 0.6 is 23.1 Å². The fourth-order valence-electron chi connectivity index (χ4n) is 3.48. The Kier molecular flexibility index (Phi) is 5.65. The number of hydrogen-bond donors (Lipinski definition) is 2. The molecule has 1 unspecified atom stereocenters. The van der Waals surface area contributed by atoms with Gasteiger partial charge in [-0.2, -0.15) is 0 Å². The van der Waals surface area contributed by atoms with Crippen molar-refractivity contribution in [2.75, 3.05) is 11.9 Å². The second kappa shape index (κ2) is 8.23. The highest BCUT2D eigenvalue weighted by Gasteiger charge is 2.29. The van der Waals surface area contributed by atoms with E-state index in [1.807, 2.05) is 0 Å². The van der Waals surface area contributed by atoms with Gasteiger partial charge in [0, 0.05) is 16.6 Å². The van der Waals surface area contributed by atoms with Gasteiger partial charge in [-0.25, -0.2) is 4.79 Å². The third-order valence-electron chi connectivity index (χ3n) is 4.85. The van der Waals surface area contributed by atoms with Gasteiger partial charge in [-0.3, -0.25) is 19.0 Å². The molecule has 11 heteroatoms. The number of carbonyl (C=O) groups excluding carboxylic acids is 2. The molecule has 0 saturated carbocycles. The van der Waals surface area contributed by atoms with Gasteiger partial charge in [0.1, 0.15) is 5.00 Å². The average molecular weight is 448 g/mol. The fourth-order valence-corrected chi connectivity index (χ4v) is 5.67. The van der Waals surface area contributed by atoms with E-state index in [1.54, 1.807) is 25.2 Å². The summed E-state index contributed by atoms with van der Waals surface area (Å²) in [7, 11) is 0. The number of thioether (sulfide) groups is 1. The van der Waals surface area contributed by atoms with E-state index in [0.717, 1.165) is 29.7 Å². The highest BCUT2D eigenvalue weighted by atomic mass is 32.2. The molecule has 3 aromatic rings. The number of rotatable bonds is 6. The van der Waals surface area contributed by atoms with Crippen LogP contribution in [0.1, 0.15) is 46.8 Å². The first-order valence-electron chi connectivity index (χ1n) is 9.63. The fraction of sp³-hybridized carbons (Fsp3) is 0.421. The number of nitrogens with one attached hydrogen (secondary N) is 2. The van der Waals surface area contributed by atoms with Crippen molar-refractivity contribution in [3.05, 3.63) is 38.1 Å². The molecule has 3 heterocycles. The lowest BCUT2D eigenvalue weighted by Gasteiger charge is -2.12. The molecule has 30 heavy (non-hydrogen) atoms. The monoisotopic (exact) mass is 447 g/mol. The molecule has 0 saturated heterocycles. The second-order valence-corrected chi connectivity index (χ2v) is 9.36. The third-order valence-corrected chi connectivity index (χ3v) is 7.10. The zero-order chi connectivity index (χ0) is 21.4. The van der Waals surface area contributed by atoms with Gasteiger partial charge < -0.3 is 10.1 Å². The minimum Gasteiger partial charge on any atom is -0.462 e. The van der Waals surface area contributed by atoms with Gasteiger partial charge in [-0.15, -0.1) is 21.5 Å². The van der Waals surface area contributed by atoms with Crippen LogP contribution in [0, 0.1) is 6.92 Å². The molecular formula is C19H21N5O4S2. The van der Waals surface area contributed by atoms with E-state index in [9.17, 15) is 14.4 Å². The van der Waals surface area contributed by atoms with Crippen LogP contribution in [-0.4, -0.2) is 43.3 Å². The molecule has 0 aromatic carbocycles. The Morgan fingerprint density at radius 1 is 1.40 bits per heavy atom. The van der Waals surface area contributed by atoms with Gasteiger partial charge >= 0.3 is 5.97 Å². The number of carbonyl (C=O) groups is 2. The lowest BCUT2D eigenvalue weighted by molar-refractivity contribution is -0.115. The van der Waals surface area contributed by atoms with Gasteiger partial charge in [0.25, 0.3) is 5.56 Å². The molecule has 4 rings (SSSR count). The van der Waals surface area contributed by atoms with Gasteiger partial charge in [-0.05, 0) is 45.6 Å². The number of nitrogens with zero attached hydrogens (tertiary/aromatic N) is 3. The summed E-state index contributed by atoms with van der Waals surface area (Å²) in [5, 5.41) is 11.5. The molecule has 0 fully saturated rings. The first-order chi connectivity index (χ1) is 14.4. The molecule has 0 bridgehead atoms. The summed E-state index contributed by atoms with van der Waals surface area (Å²) in [5.41, 5.74) is 1.90. The molecule has 0 radical (unpaired) electrons. The van der Waals surface area contributed by atoms with Gasteiger partial charge in [0.05, 0.1) is 17.4 Å².